The van der Waals surface area contributed by atoms with Crippen molar-refractivity contribution in [2.45, 2.75) is 25.4 Å². The average Bonchev–Trinajstić information content (AvgIpc) is 2.48. The fraction of sp³-hybridized carbons (Fsp3) is 0.267. The molecule has 20 heavy (non-hydrogen) atoms. The largest absolute Gasteiger partial charge is 0.320 e. The molecule has 1 aliphatic rings. The third-order valence-electron chi connectivity index (χ3n) is 3.60. The minimum absolute atomic E-state index is 0.162. The number of rotatable bonds is 2. The zero-order chi connectivity index (χ0) is 14.1. The summed E-state index contributed by atoms with van der Waals surface area (Å²) in [5.41, 5.74) is 7.41. The van der Waals surface area contributed by atoms with E-state index in [-0.39, 0.29) is 18.4 Å². The van der Waals surface area contributed by atoms with E-state index < -0.39 is 6.04 Å². The zero-order valence-electron chi connectivity index (χ0n) is 11.0. The van der Waals surface area contributed by atoms with Gasteiger partial charge in [-0.1, -0.05) is 24.3 Å². The number of pyridine rings is 1. The van der Waals surface area contributed by atoms with E-state index in [2.05, 4.69) is 4.98 Å². The number of piperidine rings is 1. The number of amides is 2. The van der Waals surface area contributed by atoms with E-state index in [1.54, 1.807) is 6.20 Å². The first kappa shape index (κ1) is 12.7. The molecule has 5 heteroatoms. The van der Waals surface area contributed by atoms with Crippen molar-refractivity contribution in [3.63, 3.8) is 0 Å². The van der Waals surface area contributed by atoms with E-state index >= 15 is 0 Å². The van der Waals surface area contributed by atoms with Crippen molar-refractivity contribution in [2.75, 3.05) is 0 Å². The SMILES string of the molecule is NC1CCC(=O)N(Cc2cccc3cccnc23)C1=O. The molecule has 102 valence electrons. The molecule has 0 spiro atoms. The molecule has 0 radical (unpaired) electrons. The Morgan fingerprint density at radius 2 is 2.05 bits per heavy atom. The average molecular weight is 269 g/mol. The Morgan fingerprint density at radius 3 is 2.90 bits per heavy atom. The Labute approximate surface area is 116 Å². The van der Waals surface area contributed by atoms with Crippen molar-refractivity contribution in [1.82, 2.24) is 9.88 Å². The van der Waals surface area contributed by atoms with Crippen LogP contribution in [-0.4, -0.2) is 27.7 Å². The summed E-state index contributed by atoms with van der Waals surface area (Å²) in [6, 6.07) is 8.98. The van der Waals surface area contributed by atoms with Crippen molar-refractivity contribution in [1.29, 1.82) is 0 Å². The molecular weight excluding hydrogens is 254 g/mol. The molecule has 3 rings (SSSR count). The number of carbonyl (C=O) groups excluding carboxylic acids is 2. The molecule has 1 saturated heterocycles. The lowest BCUT2D eigenvalue weighted by atomic mass is 10.0. The molecule has 2 heterocycles. The summed E-state index contributed by atoms with van der Waals surface area (Å²) in [6.45, 7) is 0.236. The van der Waals surface area contributed by atoms with Gasteiger partial charge in [0.2, 0.25) is 11.8 Å². The van der Waals surface area contributed by atoms with Gasteiger partial charge in [-0.25, -0.2) is 0 Å². The molecule has 1 atom stereocenters. The van der Waals surface area contributed by atoms with E-state index in [0.717, 1.165) is 16.5 Å². The van der Waals surface area contributed by atoms with Crippen LogP contribution in [0.2, 0.25) is 0 Å². The van der Waals surface area contributed by atoms with Crippen LogP contribution in [0.15, 0.2) is 36.5 Å². The minimum Gasteiger partial charge on any atom is -0.320 e. The molecule has 0 saturated carbocycles. The van der Waals surface area contributed by atoms with Crippen LogP contribution in [0, 0.1) is 0 Å². The molecule has 1 aliphatic heterocycles. The van der Waals surface area contributed by atoms with E-state index in [1.165, 1.54) is 4.90 Å². The summed E-state index contributed by atoms with van der Waals surface area (Å²) < 4.78 is 0. The van der Waals surface area contributed by atoms with Crippen molar-refractivity contribution in [3.05, 3.63) is 42.1 Å². The lowest BCUT2D eigenvalue weighted by Gasteiger charge is -2.28. The second kappa shape index (κ2) is 5.02. The van der Waals surface area contributed by atoms with Gasteiger partial charge < -0.3 is 5.73 Å². The molecule has 1 fully saturated rings. The monoisotopic (exact) mass is 269 g/mol. The van der Waals surface area contributed by atoms with E-state index in [9.17, 15) is 9.59 Å². The number of para-hydroxylation sites is 1. The Hall–Kier alpha value is -2.27. The highest BCUT2D eigenvalue weighted by Gasteiger charge is 2.32. The van der Waals surface area contributed by atoms with Crippen LogP contribution in [-0.2, 0) is 16.1 Å². The topological polar surface area (TPSA) is 76.3 Å². The summed E-state index contributed by atoms with van der Waals surface area (Å²) >= 11 is 0. The number of aromatic nitrogens is 1. The normalized spacial score (nSPS) is 19.6. The highest BCUT2D eigenvalue weighted by molar-refractivity contribution is 6.00. The highest BCUT2D eigenvalue weighted by atomic mass is 16.2. The molecule has 1 aromatic carbocycles. The first-order chi connectivity index (χ1) is 9.66. The summed E-state index contributed by atoms with van der Waals surface area (Å²) in [5.74, 6) is -0.459. The third kappa shape index (κ3) is 2.16. The lowest BCUT2D eigenvalue weighted by molar-refractivity contribution is -0.149. The molecule has 2 amide bonds. The summed E-state index contributed by atoms with van der Waals surface area (Å²) in [5, 5.41) is 0.992. The van der Waals surface area contributed by atoms with Gasteiger partial charge >= 0.3 is 0 Å². The first-order valence-corrected chi connectivity index (χ1v) is 6.59. The van der Waals surface area contributed by atoms with Crippen molar-refractivity contribution < 1.29 is 9.59 Å². The van der Waals surface area contributed by atoms with Gasteiger partial charge in [0.15, 0.2) is 0 Å². The summed E-state index contributed by atoms with van der Waals surface area (Å²) in [4.78, 5) is 29.5. The van der Waals surface area contributed by atoms with Gasteiger partial charge in [0.25, 0.3) is 0 Å². The second-order valence-electron chi connectivity index (χ2n) is 4.96. The Kier molecular flexibility index (Phi) is 3.20. The molecule has 0 aliphatic carbocycles. The maximum absolute atomic E-state index is 12.0. The van der Waals surface area contributed by atoms with Crippen molar-refractivity contribution in [3.8, 4) is 0 Å². The number of imide groups is 1. The number of nitrogens with zero attached hydrogens (tertiary/aromatic N) is 2. The van der Waals surface area contributed by atoms with Crippen LogP contribution in [0.5, 0.6) is 0 Å². The standard InChI is InChI=1S/C15H15N3O2/c16-12-6-7-13(19)18(15(12)20)9-11-4-1-3-10-5-2-8-17-14(10)11/h1-5,8,12H,6-7,9,16H2. The first-order valence-electron chi connectivity index (χ1n) is 6.59. The Morgan fingerprint density at radius 1 is 1.25 bits per heavy atom. The van der Waals surface area contributed by atoms with Crippen LogP contribution < -0.4 is 5.73 Å². The maximum Gasteiger partial charge on any atom is 0.246 e. The third-order valence-corrected chi connectivity index (χ3v) is 3.60. The summed E-state index contributed by atoms with van der Waals surface area (Å²) in [7, 11) is 0. The highest BCUT2D eigenvalue weighted by Crippen LogP contribution is 2.20. The van der Waals surface area contributed by atoms with E-state index in [0.29, 0.717) is 12.8 Å². The fourth-order valence-electron chi connectivity index (χ4n) is 2.49. The van der Waals surface area contributed by atoms with Crippen LogP contribution >= 0.6 is 0 Å². The summed E-state index contributed by atoms with van der Waals surface area (Å²) in [6.07, 6.45) is 2.46. The number of fused-ring (bicyclic) bond motifs is 1. The zero-order valence-corrected chi connectivity index (χ0v) is 11.0. The number of nitrogens with two attached hydrogens (primary N) is 1. The van der Waals surface area contributed by atoms with Crippen LogP contribution in [0.3, 0.4) is 0 Å². The molecular formula is C15H15N3O2. The van der Waals surface area contributed by atoms with E-state index in [1.807, 2.05) is 30.3 Å². The van der Waals surface area contributed by atoms with Crippen molar-refractivity contribution in [2.24, 2.45) is 5.73 Å². The van der Waals surface area contributed by atoms with E-state index in [4.69, 9.17) is 5.73 Å². The van der Waals surface area contributed by atoms with Crippen LogP contribution in [0.4, 0.5) is 0 Å². The van der Waals surface area contributed by atoms with Gasteiger partial charge in [-0.05, 0) is 18.1 Å². The number of hydrogen-bond acceptors (Lipinski definition) is 4. The van der Waals surface area contributed by atoms with Gasteiger partial charge in [-0.2, -0.15) is 0 Å². The second-order valence-corrected chi connectivity index (χ2v) is 4.96. The molecule has 1 aromatic heterocycles. The Balaban J connectivity index is 1.96. The molecule has 1 unspecified atom stereocenters. The number of hydrogen-bond donors (Lipinski definition) is 1. The van der Waals surface area contributed by atoms with Crippen LogP contribution in [0.1, 0.15) is 18.4 Å². The van der Waals surface area contributed by atoms with Crippen LogP contribution in [0.25, 0.3) is 10.9 Å². The van der Waals surface area contributed by atoms with Gasteiger partial charge in [0, 0.05) is 18.0 Å². The Bertz CT molecular complexity index is 678. The lowest BCUT2D eigenvalue weighted by Crippen LogP contribution is -2.50. The quantitative estimate of drug-likeness (QED) is 0.831. The molecule has 2 N–H and O–H groups in total. The maximum atomic E-state index is 12.0. The molecule has 5 nitrogen and oxygen atoms in total. The van der Waals surface area contributed by atoms with Crippen molar-refractivity contribution >= 4 is 22.7 Å². The smallest absolute Gasteiger partial charge is 0.246 e. The molecule has 2 aromatic rings. The predicted octanol–water partition coefficient (Wildman–Crippen LogP) is 1.21. The fourth-order valence-corrected chi connectivity index (χ4v) is 2.49. The number of carbonyl (C=O) groups is 2. The van der Waals surface area contributed by atoms with Gasteiger partial charge in [-0.15, -0.1) is 0 Å². The number of likely N-dealkylation sites (tertiary alicyclic amines) is 1. The van der Waals surface area contributed by atoms with Gasteiger partial charge in [0.05, 0.1) is 18.1 Å². The minimum atomic E-state index is -0.573. The van der Waals surface area contributed by atoms with Gasteiger partial charge in [0.1, 0.15) is 0 Å². The van der Waals surface area contributed by atoms with Gasteiger partial charge in [-0.3, -0.25) is 19.5 Å². The predicted molar refractivity (Wildman–Crippen MR) is 74.5 cm³/mol. The number of benzene rings is 1. The molecule has 0 bridgehead atoms.